The van der Waals surface area contributed by atoms with Gasteiger partial charge in [-0.3, -0.25) is 4.90 Å². The number of aromatic nitrogens is 3. The van der Waals surface area contributed by atoms with Gasteiger partial charge in [-0.05, 0) is 118 Å². The number of allylic oxidation sites excluding steroid dienone is 1. The number of nitrogens with zero attached hydrogens (tertiary/aromatic N) is 4. The van der Waals surface area contributed by atoms with E-state index in [1.807, 2.05) is 18.3 Å². The Hall–Kier alpha value is -6.13. The van der Waals surface area contributed by atoms with Gasteiger partial charge in [-0.1, -0.05) is 78.9 Å². The Morgan fingerprint density at radius 2 is 1.30 bits per heavy atom. The van der Waals surface area contributed by atoms with Crippen molar-refractivity contribution in [1.82, 2.24) is 14.1 Å². The van der Waals surface area contributed by atoms with Crippen molar-refractivity contribution in [2.45, 2.75) is 12.8 Å². The van der Waals surface area contributed by atoms with E-state index in [2.05, 4.69) is 166 Å². The molecule has 0 spiro atoms. The SMILES string of the molecule is C1=Cc2ccn(-c3cc(-c4ccc(N(c5ccc6ccccc6c5)c5ccccn5)cc4)cc(-n4ccc5ccccc54)c3)c2CC1. The maximum Gasteiger partial charge on any atom is 0.137 e. The second-order valence-corrected chi connectivity index (χ2v) is 12.1. The summed E-state index contributed by atoms with van der Waals surface area (Å²) in [5.74, 6) is 0.880. The average molecular weight is 605 g/mol. The van der Waals surface area contributed by atoms with Gasteiger partial charge in [0.1, 0.15) is 5.82 Å². The number of fused-ring (bicyclic) bond motifs is 3. The molecule has 1 aliphatic rings. The van der Waals surface area contributed by atoms with Gasteiger partial charge in [0.2, 0.25) is 0 Å². The molecule has 0 saturated heterocycles. The second-order valence-electron chi connectivity index (χ2n) is 12.1. The summed E-state index contributed by atoms with van der Waals surface area (Å²) in [5.41, 5.74) is 10.6. The minimum atomic E-state index is 0.880. The molecular weight excluding hydrogens is 573 g/mol. The lowest BCUT2D eigenvalue weighted by Crippen LogP contribution is -2.11. The molecule has 0 fully saturated rings. The Balaban J connectivity index is 1.17. The van der Waals surface area contributed by atoms with Crippen LogP contribution < -0.4 is 4.90 Å². The summed E-state index contributed by atoms with van der Waals surface area (Å²) in [6.45, 7) is 0. The standard InChI is InChI=1S/C43H32N4/c1-2-12-35-27-38(21-18-31(35)9-1)47(43-15-7-8-24-44-43)37-19-16-32(17-20-37)36-28-39(45-25-22-33-10-3-5-13-41(33)45)30-40(29-36)46-26-23-34-11-4-6-14-42(34)46/h1-5,7-13,15-30H,6,14H2. The van der Waals surface area contributed by atoms with Crippen LogP contribution in [0.25, 0.3) is 50.3 Å². The topological polar surface area (TPSA) is 26.0 Å². The molecule has 4 nitrogen and oxygen atoms in total. The van der Waals surface area contributed by atoms with Crippen LogP contribution in [0.5, 0.6) is 0 Å². The monoisotopic (exact) mass is 604 g/mol. The van der Waals surface area contributed by atoms with Crippen LogP contribution in [-0.4, -0.2) is 14.1 Å². The Kier molecular flexibility index (Phi) is 6.57. The van der Waals surface area contributed by atoms with E-state index in [1.165, 1.54) is 44.2 Å². The minimum Gasteiger partial charge on any atom is -0.320 e. The molecule has 0 bridgehead atoms. The molecule has 3 aromatic heterocycles. The predicted molar refractivity (Wildman–Crippen MR) is 195 cm³/mol. The predicted octanol–water partition coefficient (Wildman–Crippen LogP) is 11.1. The number of hydrogen-bond acceptors (Lipinski definition) is 2. The number of pyridine rings is 1. The third-order valence-corrected chi connectivity index (χ3v) is 9.26. The summed E-state index contributed by atoms with van der Waals surface area (Å²) in [7, 11) is 0. The first-order valence-corrected chi connectivity index (χ1v) is 16.2. The lowest BCUT2D eigenvalue weighted by molar-refractivity contribution is 0.874. The zero-order valence-corrected chi connectivity index (χ0v) is 25.9. The molecule has 0 aliphatic heterocycles. The van der Waals surface area contributed by atoms with Crippen LogP contribution in [0.1, 0.15) is 17.7 Å². The number of benzene rings is 5. The van der Waals surface area contributed by atoms with E-state index in [9.17, 15) is 0 Å². The molecule has 4 heteroatoms. The molecular formula is C43H32N4. The highest BCUT2D eigenvalue weighted by atomic mass is 15.2. The van der Waals surface area contributed by atoms with Crippen LogP contribution in [-0.2, 0) is 6.42 Å². The Labute approximate surface area is 274 Å². The quantitative estimate of drug-likeness (QED) is 0.189. The zero-order chi connectivity index (χ0) is 31.2. The van der Waals surface area contributed by atoms with Gasteiger partial charge in [0.25, 0.3) is 0 Å². The molecule has 47 heavy (non-hydrogen) atoms. The third kappa shape index (κ3) is 4.91. The molecule has 5 aromatic carbocycles. The molecule has 8 aromatic rings. The smallest absolute Gasteiger partial charge is 0.137 e. The maximum atomic E-state index is 4.75. The number of anilines is 3. The van der Waals surface area contributed by atoms with Gasteiger partial charge < -0.3 is 9.13 Å². The van der Waals surface area contributed by atoms with Crippen LogP contribution in [0, 0.1) is 0 Å². The van der Waals surface area contributed by atoms with Crippen molar-refractivity contribution < 1.29 is 0 Å². The maximum absolute atomic E-state index is 4.75. The van der Waals surface area contributed by atoms with Crippen LogP contribution in [0.15, 0.2) is 164 Å². The highest BCUT2D eigenvalue weighted by Gasteiger charge is 2.17. The van der Waals surface area contributed by atoms with Crippen molar-refractivity contribution in [1.29, 1.82) is 0 Å². The van der Waals surface area contributed by atoms with E-state index in [-0.39, 0.29) is 0 Å². The second kappa shape index (κ2) is 11.3. The van der Waals surface area contributed by atoms with Gasteiger partial charge in [0.15, 0.2) is 0 Å². The number of para-hydroxylation sites is 1. The van der Waals surface area contributed by atoms with Gasteiger partial charge >= 0.3 is 0 Å². The summed E-state index contributed by atoms with van der Waals surface area (Å²) >= 11 is 0. The fourth-order valence-corrected chi connectivity index (χ4v) is 6.94. The molecule has 9 rings (SSSR count). The summed E-state index contributed by atoms with van der Waals surface area (Å²) in [6, 6.07) is 50.0. The van der Waals surface area contributed by atoms with E-state index < -0.39 is 0 Å². The Morgan fingerprint density at radius 1 is 0.553 bits per heavy atom. The van der Waals surface area contributed by atoms with Crippen LogP contribution >= 0.6 is 0 Å². The fourth-order valence-electron chi connectivity index (χ4n) is 6.94. The molecule has 0 unspecified atom stereocenters. The highest BCUT2D eigenvalue weighted by molar-refractivity contribution is 5.89. The Bertz CT molecular complexity index is 2410. The van der Waals surface area contributed by atoms with E-state index in [0.717, 1.165) is 41.3 Å². The first-order valence-electron chi connectivity index (χ1n) is 16.2. The summed E-state index contributed by atoms with van der Waals surface area (Å²) in [6.07, 6.45) is 12.9. The van der Waals surface area contributed by atoms with Crippen molar-refractivity contribution in [3.63, 3.8) is 0 Å². The largest absolute Gasteiger partial charge is 0.320 e. The Morgan fingerprint density at radius 3 is 2.15 bits per heavy atom. The summed E-state index contributed by atoms with van der Waals surface area (Å²) < 4.78 is 4.67. The van der Waals surface area contributed by atoms with E-state index in [4.69, 9.17) is 4.98 Å². The normalized spacial score (nSPS) is 12.4. The van der Waals surface area contributed by atoms with Crippen molar-refractivity contribution >= 4 is 44.9 Å². The van der Waals surface area contributed by atoms with E-state index in [1.54, 1.807) is 0 Å². The number of hydrogen-bond donors (Lipinski definition) is 0. The van der Waals surface area contributed by atoms with Crippen molar-refractivity contribution in [2.24, 2.45) is 0 Å². The summed E-state index contributed by atoms with van der Waals surface area (Å²) in [4.78, 5) is 6.97. The molecule has 224 valence electrons. The van der Waals surface area contributed by atoms with Crippen molar-refractivity contribution in [3.8, 4) is 22.5 Å². The first kappa shape index (κ1) is 27.2. The average Bonchev–Trinajstić information content (AvgIpc) is 3.77. The van der Waals surface area contributed by atoms with Crippen LogP contribution in [0.3, 0.4) is 0 Å². The zero-order valence-electron chi connectivity index (χ0n) is 25.9. The fraction of sp³-hybridized carbons (Fsp3) is 0.0465. The van der Waals surface area contributed by atoms with Gasteiger partial charge in [0, 0.05) is 47.0 Å². The third-order valence-electron chi connectivity index (χ3n) is 9.26. The highest BCUT2D eigenvalue weighted by Crippen LogP contribution is 2.37. The summed E-state index contributed by atoms with van der Waals surface area (Å²) in [5, 5.41) is 3.65. The molecule has 0 N–H and O–H groups in total. The lowest BCUT2D eigenvalue weighted by atomic mass is 10.0. The molecule has 0 atom stereocenters. The molecule has 0 saturated carbocycles. The molecule has 1 aliphatic carbocycles. The minimum absolute atomic E-state index is 0.880. The molecule has 0 radical (unpaired) electrons. The van der Waals surface area contributed by atoms with Gasteiger partial charge in [-0.25, -0.2) is 4.98 Å². The van der Waals surface area contributed by atoms with Gasteiger partial charge in [0.05, 0.1) is 5.52 Å². The number of rotatable bonds is 6. The van der Waals surface area contributed by atoms with Gasteiger partial charge in [-0.15, -0.1) is 0 Å². The molecule has 0 amide bonds. The van der Waals surface area contributed by atoms with E-state index >= 15 is 0 Å². The molecule has 3 heterocycles. The van der Waals surface area contributed by atoms with E-state index in [0.29, 0.717) is 0 Å². The van der Waals surface area contributed by atoms with Crippen LogP contribution in [0.2, 0.25) is 0 Å². The van der Waals surface area contributed by atoms with Crippen molar-refractivity contribution in [2.75, 3.05) is 4.90 Å². The first-order chi connectivity index (χ1) is 23.3. The van der Waals surface area contributed by atoms with Crippen molar-refractivity contribution in [3.05, 3.63) is 175 Å². The van der Waals surface area contributed by atoms with Crippen LogP contribution in [0.4, 0.5) is 17.2 Å². The lowest BCUT2D eigenvalue weighted by Gasteiger charge is -2.25. The van der Waals surface area contributed by atoms with Gasteiger partial charge in [-0.2, -0.15) is 0 Å².